The second-order valence-electron chi connectivity index (χ2n) is 5.41. The zero-order valence-electron chi connectivity index (χ0n) is 15.0. The smallest absolute Gasteiger partial charge is 0.372 e. The average molecular weight is 374 g/mol. The molecular weight excluding hydrogens is 347 g/mol. The third-order valence-electron chi connectivity index (χ3n) is 3.94. The number of ether oxygens (including phenoxy) is 2. The topological polar surface area (TPSA) is 91.3 Å². The molecule has 0 aliphatic rings. The lowest BCUT2D eigenvalue weighted by molar-refractivity contribution is -0.224. The van der Waals surface area contributed by atoms with Crippen molar-refractivity contribution < 1.29 is 33.3 Å². The van der Waals surface area contributed by atoms with Crippen molar-refractivity contribution in [1.82, 2.24) is 0 Å². The summed E-state index contributed by atoms with van der Waals surface area (Å²) in [5.41, 5.74) is 1.01. The van der Waals surface area contributed by atoms with Crippen LogP contribution in [0.15, 0.2) is 30.3 Å². The van der Waals surface area contributed by atoms with Gasteiger partial charge in [-0.25, -0.2) is 4.89 Å². The summed E-state index contributed by atoms with van der Waals surface area (Å²) in [5.74, 6) is -0.755. The van der Waals surface area contributed by atoms with Gasteiger partial charge in [0.1, 0.15) is 6.61 Å². The number of hydrogen-bond donors (Lipinski definition) is 1. The van der Waals surface area contributed by atoms with E-state index in [1.165, 1.54) is 0 Å². The molecule has 0 bridgehead atoms. The third kappa shape index (κ3) is 5.90. The normalized spacial score (nSPS) is 14.1. The Morgan fingerprint density at radius 1 is 1.12 bits per heavy atom. The SMILES string of the molecule is CCOC(=O)C(CC)(CC)P(=O)(O)OOCCOCc1ccccc1. The molecule has 0 heterocycles. The summed E-state index contributed by atoms with van der Waals surface area (Å²) in [7, 11) is -4.38. The Balaban J connectivity index is 2.47. The monoisotopic (exact) mass is 374 g/mol. The minimum Gasteiger partial charge on any atom is -0.465 e. The van der Waals surface area contributed by atoms with Crippen LogP contribution >= 0.6 is 7.60 Å². The third-order valence-corrected chi connectivity index (χ3v) is 6.15. The maximum atomic E-state index is 12.5. The fourth-order valence-corrected chi connectivity index (χ4v) is 3.81. The highest BCUT2D eigenvalue weighted by Crippen LogP contribution is 2.59. The molecule has 1 unspecified atom stereocenters. The van der Waals surface area contributed by atoms with E-state index < -0.39 is 18.7 Å². The number of benzene rings is 1. The fourth-order valence-electron chi connectivity index (χ4n) is 2.36. The van der Waals surface area contributed by atoms with Gasteiger partial charge in [-0.15, -0.1) is 4.67 Å². The molecule has 1 aromatic rings. The maximum Gasteiger partial charge on any atom is 0.372 e. The van der Waals surface area contributed by atoms with E-state index in [0.29, 0.717) is 6.61 Å². The molecular formula is C17H27O7P. The number of carbonyl (C=O) groups excluding carboxylic acids is 1. The minimum atomic E-state index is -4.38. The summed E-state index contributed by atoms with van der Waals surface area (Å²) in [6.45, 7) is 5.57. The molecule has 0 amide bonds. The zero-order valence-corrected chi connectivity index (χ0v) is 15.9. The van der Waals surface area contributed by atoms with E-state index in [-0.39, 0.29) is 32.7 Å². The van der Waals surface area contributed by atoms with Gasteiger partial charge in [0.15, 0.2) is 5.16 Å². The summed E-state index contributed by atoms with van der Waals surface area (Å²) in [6.07, 6.45) is 0.202. The van der Waals surface area contributed by atoms with Gasteiger partial charge < -0.3 is 14.4 Å². The van der Waals surface area contributed by atoms with Gasteiger partial charge in [-0.2, -0.15) is 0 Å². The minimum absolute atomic E-state index is 0.0380. The summed E-state index contributed by atoms with van der Waals surface area (Å²) in [4.78, 5) is 27.2. The molecule has 0 saturated heterocycles. The van der Waals surface area contributed by atoms with Crippen molar-refractivity contribution in [2.24, 2.45) is 0 Å². The number of esters is 1. The van der Waals surface area contributed by atoms with Crippen molar-refractivity contribution in [2.75, 3.05) is 19.8 Å². The molecule has 8 heteroatoms. The van der Waals surface area contributed by atoms with Crippen molar-refractivity contribution in [3.05, 3.63) is 35.9 Å². The van der Waals surface area contributed by atoms with Gasteiger partial charge >= 0.3 is 13.6 Å². The Morgan fingerprint density at radius 2 is 1.76 bits per heavy atom. The lowest BCUT2D eigenvalue weighted by Crippen LogP contribution is -2.39. The molecule has 142 valence electrons. The van der Waals surface area contributed by atoms with Gasteiger partial charge in [0.05, 0.1) is 19.8 Å². The molecule has 1 rings (SSSR count). The van der Waals surface area contributed by atoms with Gasteiger partial charge in [-0.1, -0.05) is 44.2 Å². The second kappa shape index (κ2) is 10.7. The molecule has 25 heavy (non-hydrogen) atoms. The quantitative estimate of drug-likeness (QED) is 0.197. The van der Waals surface area contributed by atoms with E-state index in [4.69, 9.17) is 19.0 Å². The number of hydrogen-bond acceptors (Lipinski definition) is 6. The molecule has 1 atom stereocenters. The van der Waals surface area contributed by atoms with E-state index in [2.05, 4.69) is 0 Å². The van der Waals surface area contributed by atoms with Crippen molar-refractivity contribution >= 4 is 13.6 Å². The fraction of sp³-hybridized carbons (Fsp3) is 0.588. The van der Waals surface area contributed by atoms with Crippen molar-refractivity contribution in [3.8, 4) is 0 Å². The second-order valence-corrected chi connectivity index (χ2v) is 7.46. The highest BCUT2D eigenvalue weighted by Gasteiger charge is 2.54. The lowest BCUT2D eigenvalue weighted by atomic mass is 10.0. The first kappa shape index (κ1) is 21.8. The maximum absolute atomic E-state index is 12.5. The largest absolute Gasteiger partial charge is 0.465 e. The van der Waals surface area contributed by atoms with Crippen molar-refractivity contribution in [2.45, 2.75) is 45.4 Å². The molecule has 0 fully saturated rings. The Kier molecular flexibility index (Phi) is 9.32. The Hall–Kier alpha value is -1.24. The van der Waals surface area contributed by atoms with E-state index in [1.54, 1.807) is 20.8 Å². The summed E-state index contributed by atoms with van der Waals surface area (Å²) < 4.78 is 27.6. The number of carbonyl (C=O) groups is 1. The van der Waals surface area contributed by atoms with Crippen LogP contribution in [0.4, 0.5) is 0 Å². The Labute approximate surface area is 148 Å². The van der Waals surface area contributed by atoms with Crippen LogP contribution in [0.3, 0.4) is 0 Å². The van der Waals surface area contributed by atoms with Gasteiger partial charge in [0, 0.05) is 0 Å². The van der Waals surface area contributed by atoms with Gasteiger partial charge in [0.25, 0.3) is 0 Å². The zero-order chi connectivity index (χ0) is 18.8. The first-order valence-electron chi connectivity index (χ1n) is 8.36. The predicted molar refractivity (Wildman–Crippen MR) is 92.9 cm³/mol. The summed E-state index contributed by atoms with van der Waals surface area (Å²) in [5, 5.41) is -1.63. The molecule has 0 spiro atoms. The average Bonchev–Trinajstić information content (AvgIpc) is 2.60. The van der Waals surface area contributed by atoms with Crippen LogP contribution in [0.2, 0.25) is 0 Å². The van der Waals surface area contributed by atoms with Crippen LogP contribution in [0, 0.1) is 0 Å². The highest BCUT2D eigenvalue weighted by atomic mass is 31.2. The van der Waals surface area contributed by atoms with E-state index in [9.17, 15) is 14.3 Å². The molecule has 0 aliphatic heterocycles. The van der Waals surface area contributed by atoms with Crippen molar-refractivity contribution in [1.29, 1.82) is 0 Å². The first-order chi connectivity index (χ1) is 11.9. The van der Waals surface area contributed by atoms with E-state index in [1.807, 2.05) is 30.3 Å². The molecule has 1 aromatic carbocycles. The molecule has 1 N–H and O–H groups in total. The van der Waals surface area contributed by atoms with Gasteiger partial charge in [-0.3, -0.25) is 9.36 Å². The Bertz CT molecular complexity index is 557. The Morgan fingerprint density at radius 3 is 2.32 bits per heavy atom. The molecule has 0 aliphatic carbocycles. The lowest BCUT2D eigenvalue weighted by Gasteiger charge is -2.31. The number of rotatable bonds is 12. The van der Waals surface area contributed by atoms with Crippen LogP contribution in [0.1, 0.15) is 39.2 Å². The van der Waals surface area contributed by atoms with Gasteiger partial charge in [0.2, 0.25) is 0 Å². The van der Waals surface area contributed by atoms with Crippen LogP contribution in [0.25, 0.3) is 0 Å². The van der Waals surface area contributed by atoms with Crippen LogP contribution in [-0.2, 0) is 35.0 Å². The van der Waals surface area contributed by atoms with Crippen LogP contribution in [-0.4, -0.2) is 35.8 Å². The first-order valence-corrected chi connectivity index (χ1v) is 9.94. The van der Waals surface area contributed by atoms with Crippen molar-refractivity contribution in [3.63, 3.8) is 0 Å². The van der Waals surface area contributed by atoms with E-state index in [0.717, 1.165) is 5.56 Å². The van der Waals surface area contributed by atoms with Crippen LogP contribution < -0.4 is 0 Å². The van der Waals surface area contributed by atoms with Crippen LogP contribution in [0.5, 0.6) is 0 Å². The predicted octanol–water partition coefficient (Wildman–Crippen LogP) is 3.46. The highest BCUT2D eigenvalue weighted by molar-refractivity contribution is 7.55. The molecule has 0 saturated carbocycles. The standard InChI is InChI=1S/C17H27O7P/c1-4-17(5-2,16(18)22-6-3)25(19,20)24-23-13-12-21-14-15-10-8-7-9-11-15/h7-11H,4-6,12-14H2,1-3H3,(H,19,20). The molecule has 0 radical (unpaired) electrons. The molecule has 7 nitrogen and oxygen atoms in total. The molecule has 0 aromatic heterocycles. The van der Waals surface area contributed by atoms with Gasteiger partial charge in [-0.05, 0) is 25.3 Å². The summed E-state index contributed by atoms with van der Waals surface area (Å²) >= 11 is 0. The van der Waals surface area contributed by atoms with E-state index >= 15 is 0 Å². The summed E-state index contributed by atoms with van der Waals surface area (Å²) in [6, 6.07) is 9.58.